The van der Waals surface area contributed by atoms with Crippen molar-refractivity contribution < 1.29 is 0 Å². The Morgan fingerprint density at radius 1 is 1.29 bits per heavy atom. The van der Waals surface area contributed by atoms with Crippen LogP contribution in [-0.2, 0) is 6.54 Å². The zero-order valence-electron chi connectivity index (χ0n) is 10.8. The van der Waals surface area contributed by atoms with E-state index in [0.717, 1.165) is 20.9 Å². The van der Waals surface area contributed by atoms with Gasteiger partial charge in [-0.3, -0.25) is 4.79 Å². The van der Waals surface area contributed by atoms with Gasteiger partial charge in [0.05, 0.1) is 12.1 Å². The number of benzene rings is 1. The lowest BCUT2D eigenvalue weighted by molar-refractivity contribution is 0.774. The van der Waals surface area contributed by atoms with Gasteiger partial charge in [0.2, 0.25) is 0 Å². The highest BCUT2D eigenvalue weighted by Crippen LogP contribution is 2.25. The lowest BCUT2D eigenvalue weighted by Crippen LogP contribution is -2.12. The molecule has 0 unspecified atom stereocenters. The Labute approximate surface area is 132 Å². The summed E-state index contributed by atoms with van der Waals surface area (Å²) in [5.41, 5.74) is 1.80. The van der Waals surface area contributed by atoms with Gasteiger partial charge in [-0.25, -0.2) is 4.98 Å². The second-order valence-corrected chi connectivity index (χ2v) is 6.53. The van der Waals surface area contributed by atoms with Crippen LogP contribution in [0.3, 0.4) is 0 Å². The van der Waals surface area contributed by atoms with Gasteiger partial charge >= 0.3 is 0 Å². The third kappa shape index (κ3) is 2.11. The zero-order valence-corrected chi connectivity index (χ0v) is 13.2. The lowest BCUT2D eigenvalue weighted by Gasteiger charge is -2.05. The Bertz CT molecular complexity index is 1010. The van der Waals surface area contributed by atoms with Gasteiger partial charge in [-0.15, -0.1) is 11.3 Å². The molecule has 1 aromatic carbocycles. The Hall–Kier alpha value is -1.92. The van der Waals surface area contributed by atoms with E-state index in [4.69, 9.17) is 0 Å². The number of rotatable bonds is 2. The average molecular weight is 360 g/mol. The molecule has 4 aromatic rings. The SMILES string of the molecule is O=c1[nH]c(Cn2ccc3c(Br)cccc32)nc2ccsc12. The summed E-state index contributed by atoms with van der Waals surface area (Å²) in [6.07, 6.45) is 2.01. The molecular formula is C15H10BrN3OS. The van der Waals surface area contributed by atoms with E-state index >= 15 is 0 Å². The first kappa shape index (κ1) is 12.8. The first-order valence-corrected chi connectivity index (χ1v) is 8.09. The van der Waals surface area contributed by atoms with Crippen LogP contribution in [0.15, 0.2) is 51.2 Å². The molecule has 0 spiro atoms. The summed E-state index contributed by atoms with van der Waals surface area (Å²) in [6.45, 7) is 0.543. The maximum Gasteiger partial charge on any atom is 0.268 e. The number of H-pyrrole nitrogens is 1. The average Bonchev–Trinajstić information content (AvgIpc) is 3.07. The van der Waals surface area contributed by atoms with E-state index in [-0.39, 0.29) is 5.56 Å². The van der Waals surface area contributed by atoms with Crippen molar-refractivity contribution >= 4 is 48.4 Å². The molecule has 0 radical (unpaired) electrons. The van der Waals surface area contributed by atoms with Crippen LogP contribution in [0, 0.1) is 0 Å². The molecule has 4 nitrogen and oxygen atoms in total. The predicted octanol–water partition coefficient (Wildman–Crippen LogP) is 3.75. The minimum atomic E-state index is -0.0670. The molecular weight excluding hydrogens is 350 g/mol. The van der Waals surface area contributed by atoms with Crippen LogP contribution in [0.25, 0.3) is 21.1 Å². The van der Waals surface area contributed by atoms with E-state index in [1.807, 2.05) is 29.8 Å². The van der Waals surface area contributed by atoms with E-state index in [1.54, 1.807) is 0 Å². The highest BCUT2D eigenvalue weighted by atomic mass is 79.9. The van der Waals surface area contributed by atoms with Gasteiger partial charge in [-0.1, -0.05) is 22.0 Å². The molecule has 6 heteroatoms. The van der Waals surface area contributed by atoms with E-state index in [9.17, 15) is 4.79 Å². The van der Waals surface area contributed by atoms with Crippen molar-refractivity contribution in [2.75, 3.05) is 0 Å². The minimum absolute atomic E-state index is 0.0670. The molecule has 1 N–H and O–H groups in total. The maximum absolute atomic E-state index is 12.0. The summed E-state index contributed by atoms with van der Waals surface area (Å²) in [6, 6.07) is 10.0. The van der Waals surface area contributed by atoms with Gasteiger partial charge in [0.25, 0.3) is 5.56 Å². The number of nitrogens with zero attached hydrogens (tertiary/aromatic N) is 2. The Balaban J connectivity index is 1.83. The molecule has 0 amide bonds. The fourth-order valence-electron chi connectivity index (χ4n) is 2.48. The largest absolute Gasteiger partial charge is 0.340 e. The fraction of sp³-hybridized carbons (Fsp3) is 0.0667. The number of hydrogen-bond donors (Lipinski definition) is 1. The quantitative estimate of drug-likeness (QED) is 0.592. The molecule has 0 saturated carbocycles. The predicted molar refractivity (Wildman–Crippen MR) is 89.0 cm³/mol. The second-order valence-electron chi connectivity index (χ2n) is 4.76. The first-order valence-electron chi connectivity index (χ1n) is 6.42. The van der Waals surface area contributed by atoms with Gasteiger partial charge < -0.3 is 9.55 Å². The number of aromatic nitrogens is 3. The van der Waals surface area contributed by atoms with Crippen molar-refractivity contribution in [2.45, 2.75) is 6.54 Å². The molecule has 104 valence electrons. The number of halogens is 1. The number of aromatic amines is 1. The Morgan fingerprint density at radius 2 is 2.19 bits per heavy atom. The molecule has 0 aliphatic carbocycles. The van der Waals surface area contributed by atoms with Gasteiger partial charge in [0, 0.05) is 21.6 Å². The third-order valence-corrected chi connectivity index (χ3v) is 5.04. The van der Waals surface area contributed by atoms with Crippen LogP contribution >= 0.6 is 27.3 Å². The summed E-state index contributed by atoms with van der Waals surface area (Å²) in [5, 5.41) is 3.04. The van der Waals surface area contributed by atoms with Gasteiger partial charge in [0.15, 0.2) is 0 Å². The van der Waals surface area contributed by atoms with Crippen LogP contribution < -0.4 is 5.56 Å². The number of hydrogen-bond acceptors (Lipinski definition) is 3. The van der Waals surface area contributed by atoms with Crippen molar-refractivity contribution in [3.05, 3.63) is 62.6 Å². The molecule has 3 heterocycles. The van der Waals surface area contributed by atoms with Crippen molar-refractivity contribution in [3.63, 3.8) is 0 Å². The van der Waals surface area contributed by atoms with Gasteiger partial charge in [-0.2, -0.15) is 0 Å². The fourth-order valence-corrected chi connectivity index (χ4v) is 3.70. The summed E-state index contributed by atoms with van der Waals surface area (Å²) < 4.78 is 3.82. The van der Waals surface area contributed by atoms with Crippen LogP contribution in [-0.4, -0.2) is 14.5 Å². The van der Waals surface area contributed by atoms with Gasteiger partial charge in [0.1, 0.15) is 10.5 Å². The molecule has 0 aliphatic heterocycles. The molecule has 21 heavy (non-hydrogen) atoms. The van der Waals surface area contributed by atoms with Crippen LogP contribution in [0.2, 0.25) is 0 Å². The number of nitrogens with one attached hydrogen (secondary N) is 1. The topological polar surface area (TPSA) is 50.7 Å². The maximum atomic E-state index is 12.0. The van der Waals surface area contributed by atoms with Crippen LogP contribution in [0.4, 0.5) is 0 Å². The van der Waals surface area contributed by atoms with Crippen LogP contribution in [0.5, 0.6) is 0 Å². The molecule has 3 aromatic heterocycles. The lowest BCUT2D eigenvalue weighted by atomic mass is 10.2. The monoisotopic (exact) mass is 359 g/mol. The molecule has 4 rings (SSSR count). The van der Waals surface area contributed by atoms with E-state index in [2.05, 4.69) is 42.6 Å². The number of thiophene rings is 1. The summed E-state index contributed by atoms with van der Waals surface area (Å²) in [5.74, 6) is 0.670. The van der Waals surface area contributed by atoms with E-state index in [0.29, 0.717) is 17.1 Å². The van der Waals surface area contributed by atoms with E-state index in [1.165, 1.54) is 11.3 Å². The highest BCUT2D eigenvalue weighted by molar-refractivity contribution is 9.10. The van der Waals surface area contributed by atoms with Gasteiger partial charge in [-0.05, 0) is 29.6 Å². The van der Waals surface area contributed by atoms with Crippen LogP contribution in [0.1, 0.15) is 5.82 Å². The number of fused-ring (bicyclic) bond motifs is 2. The minimum Gasteiger partial charge on any atom is -0.340 e. The van der Waals surface area contributed by atoms with E-state index < -0.39 is 0 Å². The molecule has 0 saturated heterocycles. The van der Waals surface area contributed by atoms with Crippen molar-refractivity contribution in [3.8, 4) is 0 Å². The molecule has 0 bridgehead atoms. The van der Waals surface area contributed by atoms with Crippen molar-refractivity contribution in [1.29, 1.82) is 0 Å². The molecule has 0 aliphatic rings. The summed E-state index contributed by atoms with van der Waals surface area (Å²) >= 11 is 4.97. The normalized spacial score (nSPS) is 11.5. The Kier molecular flexibility index (Phi) is 2.94. The van der Waals surface area contributed by atoms with Crippen molar-refractivity contribution in [2.24, 2.45) is 0 Å². The highest BCUT2D eigenvalue weighted by Gasteiger charge is 2.08. The Morgan fingerprint density at radius 3 is 3.10 bits per heavy atom. The zero-order chi connectivity index (χ0) is 14.4. The first-order chi connectivity index (χ1) is 10.2. The van der Waals surface area contributed by atoms with Crippen molar-refractivity contribution in [1.82, 2.24) is 14.5 Å². The summed E-state index contributed by atoms with van der Waals surface area (Å²) in [7, 11) is 0. The third-order valence-electron chi connectivity index (χ3n) is 3.44. The molecule has 0 atom stereocenters. The molecule has 0 fully saturated rings. The second kappa shape index (κ2) is 4.82. The summed E-state index contributed by atoms with van der Waals surface area (Å²) in [4.78, 5) is 19.4. The standard InChI is InChI=1S/C15H10BrN3OS/c16-10-2-1-3-12-9(10)4-6-19(12)8-13-17-11-5-7-21-14(11)15(20)18-13/h1-7H,8H2,(H,17,18,20). The smallest absolute Gasteiger partial charge is 0.268 e.